The molecular formula is C17H17F3N2OS. The van der Waals surface area contributed by atoms with Crippen molar-refractivity contribution in [2.24, 2.45) is 0 Å². The lowest BCUT2D eigenvalue weighted by Crippen LogP contribution is -2.38. The summed E-state index contributed by atoms with van der Waals surface area (Å²) in [5.41, 5.74) is -1.02. The quantitative estimate of drug-likeness (QED) is 0.805. The molecule has 1 aromatic carbocycles. The molecule has 1 aliphatic rings. The van der Waals surface area contributed by atoms with Gasteiger partial charge in [0.25, 0.3) is 0 Å². The van der Waals surface area contributed by atoms with Gasteiger partial charge in [-0.15, -0.1) is 11.3 Å². The van der Waals surface area contributed by atoms with Crippen LogP contribution < -0.4 is 5.32 Å². The number of benzene rings is 1. The molecule has 0 aliphatic heterocycles. The molecule has 0 saturated heterocycles. The molecule has 24 heavy (non-hydrogen) atoms. The van der Waals surface area contributed by atoms with Gasteiger partial charge in [-0.3, -0.25) is 0 Å². The summed E-state index contributed by atoms with van der Waals surface area (Å²) in [6, 6.07) is 8.65. The van der Waals surface area contributed by atoms with Crippen LogP contribution in [0.25, 0.3) is 0 Å². The lowest BCUT2D eigenvalue weighted by atomic mass is 10.1. The highest BCUT2D eigenvalue weighted by Gasteiger charge is 2.36. The summed E-state index contributed by atoms with van der Waals surface area (Å²) in [6.07, 6.45) is -1.98. The van der Waals surface area contributed by atoms with Crippen LogP contribution >= 0.6 is 11.3 Å². The van der Waals surface area contributed by atoms with Gasteiger partial charge in [0.05, 0.1) is 11.3 Å². The minimum absolute atomic E-state index is 0.128. The predicted octanol–water partition coefficient (Wildman–Crippen LogP) is 5.01. The Morgan fingerprint density at radius 2 is 1.96 bits per heavy atom. The van der Waals surface area contributed by atoms with Crippen molar-refractivity contribution >= 4 is 23.1 Å². The maximum Gasteiger partial charge on any atom is 0.418 e. The van der Waals surface area contributed by atoms with Crippen LogP contribution in [0.5, 0.6) is 0 Å². The molecule has 1 aliphatic carbocycles. The Kier molecular flexibility index (Phi) is 4.80. The number of hydrogen-bond acceptors (Lipinski definition) is 2. The molecule has 0 radical (unpaired) electrons. The highest BCUT2D eigenvalue weighted by molar-refractivity contribution is 7.09. The molecule has 0 spiro atoms. The highest BCUT2D eigenvalue weighted by atomic mass is 32.1. The van der Waals surface area contributed by atoms with E-state index in [-0.39, 0.29) is 11.7 Å². The number of anilines is 1. The highest BCUT2D eigenvalue weighted by Crippen LogP contribution is 2.35. The van der Waals surface area contributed by atoms with E-state index in [1.165, 1.54) is 18.2 Å². The number of thiophene rings is 1. The number of amides is 2. The van der Waals surface area contributed by atoms with Crippen LogP contribution in [0.2, 0.25) is 0 Å². The van der Waals surface area contributed by atoms with E-state index >= 15 is 0 Å². The molecule has 128 valence electrons. The Hall–Kier alpha value is -2.02. The zero-order valence-electron chi connectivity index (χ0n) is 12.8. The number of nitrogens with one attached hydrogen (secondary N) is 1. The fourth-order valence-electron chi connectivity index (χ4n) is 2.55. The van der Waals surface area contributed by atoms with Crippen LogP contribution in [0.4, 0.5) is 23.7 Å². The van der Waals surface area contributed by atoms with E-state index in [9.17, 15) is 18.0 Å². The van der Waals surface area contributed by atoms with Crippen LogP contribution in [-0.4, -0.2) is 23.5 Å². The third-order valence-corrected chi connectivity index (χ3v) is 4.84. The number of para-hydroxylation sites is 1. The van der Waals surface area contributed by atoms with Crippen molar-refractivity contribution in [3.63, 3.8) is 0 Å². The van der Waals surface area contributed by atoms with Gasteiger partial charge in [-0.25, -0.2) is 4.79 Å². The zero-order valence-corrected chi connectivity index (χ0v) is 13.7. The third-order valence-electron chi connectivity index (χ3n) is 3.90. The standard InChI is InChI=1S/C17H17F3N2OS/c18-17(19,20)14-5-1-2-6-15(14)21-16(23)22(12-7-8-12)10-9-13-4-3-11-24-13/h1-6,11-12H,7-10H2,(H,21,23). The average molecular weight is 354 g/mol. The Balaban J connectivity index is 1.70. The number of halogens is 3. The largest absolute Gasteiger partial charge is 0.418 e. The maximum absolute atomic E-state index is 13.0. The van der Waals surface area contributed by atoms with Crippen molar-refractivity contribution in [3.8, 4) is 0 Å². The fourth-order valence-corrected chi connectivity index (χ4v) is 3.25. The first-order chi connectivity index (χ1) is 11.4. The minimum Gasteiger partial charge on any atom is -0.321 e. The van der Waals surface area contributed by atoms with E-state index in [0.717, 1.165) is 23.8 Å². The number of rotatable bonds is 5. The van der Waals surface area contributed by atoms with Gasteiger partial charge in [-0.05, 0) is 42.8 Å². The Morgan fingerprint density at radius 1 is 1.21 bits per heavy atom. The summed E-state index contributed by atoms with van der Waals surface area (Å²) >= 11 is 1.61. The number of urea groups is 1. The second kappa shape index (κ2) is 6.84. The first kappa shape index (κ1) is 16.8. The molecule has 7 heteroatoms. The maximum atomic E-state index is 13.0. The normalized spacial score (nSPS) is 14.5. The lowest BCUT2D eigenvalue weighted by Gasteiger charge is -2.23. The summed E-state index contributed by atoms with van der Waals surface area (Å²) < 4.78 is 39.1. The number of carbonyl (C=O) groups excluding carboxylic acids is 1. The van der Waals surface area contributed by atoms with Crippen molar-refractivity contribution < 1.29 is 18.0 Å². The average Bonchev–Trinajstić information content (AvgIpc) is 3.22. The zero-order chi connectivity index (χ0) is 17.2. The van der Waals surface area contributed by atoms with Crippen molar-refractivity contribution in [3.05, 3.63) is 52.2 Å². The van der Waals surface area contributed by atoms with Gasteiger partial charge in [-0.1, -0.05) is 18.2 Å². The summed E-state index contributed by atoms with van der Waals surface area (Å²) in [5, 5.41) is 4.41. The Bertz CT molecular complexity index is 696. The van der Waals surface area contributed by atoms with E-state index in [2.05, 4.69) is 5.32 Å². The van der Waals surface area contributed by atoms with Gasteiger partial charge < -0.3 is 10.2 Å². The molecule has 1 N–H and O–H groups in total. The van der Waals surface area contributed by atoms with Gasteiger partial charge in [0.2, 0.25) is 0 Å². The first-order valence-electron chi connectivity index (χ1n) is 7.71. The number of nitrogens with zero attached hydrogens (tertiary/aromatic N) is 1. The first-order valence-corrected chi connectivity index (χ1v) is 8.59. The molecule has 0 bridgehead atoms. The van der Waals surface area contributed by atoms with Crippen LogP contribution in [0.15, 0.2) is 41.8 Å². The summed E-state index contributed by atoms with van der Waals surface area (Å²) in [4.78, 5) is 15.3. The summed E-state index contributed by atoms with van der Waals surface area (Å²) in [6.45, 7) is 0.505. The van der Waals surface area contributed by atoms with Crippen molar-refractivity contribution in [2.45, 2.75) is 31.5 Å². The van der Waals surface area contributed by atoms with Crippen LogP contribution in [-0.2, 0) is 12.6 Å². The fraction of sp³-hybridized carbons (Fsp3) is 0.353. The minimum atomic E-state index is -4.49. The van der Waals surface area contributed by atoms with Crippen LogP contribution in [0.1, 0.15) is 23.3 Å². The summed E-state index contributed by atoms with van der Waals surface area (Å²) in [7, 11) is 0. The van der Waals surface area contributed by atoms with Gasteiger partial charge in [-0.2, -0.15) is 13.2 Å². The second-order valence-electron chi connectivity index (χ2n) is 5.73. The molecular weight excluding hydrogens is 337 g/mol. The number of alkyl halides is 3. The van der Waals surface area contributed by atoms with E-state index in [0.29, 0.717) is 13.0 Å². The molecule has 1 saturated carbocycles. The molecule has 3 rings (SSSR count). The van der Waals surface area contributed by atoms with Gasteiger partial charge in [0, 0.05) is 17.5 Å². The molecule has 1 fully saturated rings. The molecule has 1 heterocycles. The van der Waals surface area contributed by atoms with Crippen molar-refractivity contribution in [2.75, 3.05) is 11.9 Å². The third kappa shape index (κ3) is 4.08. The predicted molar refractivity (Wildman–Crippen MR) is 88.2 cm³/mol. The Labute approximate surface area is 142 Å². The number of hydrogen-bond donors (Lipinski definition) is 1. The van der Waals surface area contributed by atoms with E-state index in [1.54, 1.807) is 16.2 Å². The SMILES string of the molecule is O=C(Nc1ccccc1C(F)(F)F)N(CCc1cccs1)C1CC1. The van der Waals surface area contributed by atoms with Crippen LogP contribution in [0.3, 0.4) is 0 Å². The van der Waals surface area contributed by atoms with E-state index < -0.39 is 17.8 Å². The molecule has 2 aromatic rings. The lowest BCUT2D eigenvalue weighted by molar-refractivity contribution is -0.136. The Morgan fingerprint density at radius 3 is 2.58 bits per heavy atom. The van der Waals surface area contributed by atoms with Crippen LogP contribution in [0, 0.1) is 0 Å². The topological polar surface area (TPSA) is 32.3 Å². The van der Waals surface area contributed by atoms with E-state index in [4.69, 9.17) is 0 Å². The second-order valence-corrected chi connectivity index (χ2v) is 6.76. The number of carbonyl (C=O) groups is 1. The van der Waals surface area contributed by atoms with Gasteiger partial charge in [0.15, 0.2) is 0 Å². The van der Waals surface area contributed by atoms with E-state index in [1.807, 2.05) is 17.5 Å². The molecule has 0 atom stereocenters. The van der Waals surface area contributed by atoms with Crippen molar-refractivity contribution in [1.29, 1.82) is 0 Å². The van der Waals surface area contributed by atoms with Gasteiger partial charge in [0.1, 0.15) is 0 Å². The molecule has 3 nitrogen and oxygen atoms in total. The molecule has 1 aromatic heterocycles. The monoisotopic (exact) mass is 354 g/mol. The molecule has 2 amide bonds. The summed E-state index contributed by atoms with van der Waals surface area (Å²) in [5.74, 6) is 0. The smallest absolute Gasteiger partial charge is 0.321 e. The molecule has 0 unspecified atom stereocenters. The van der Waals surface area contributed by atoms with Gasteiger partial charge >= 0.3 is 12.2 Å². The van der Waals surface area contributed by atoms with Crippen molar-refractivity contribution in [1.82, 2.24) is 4.90 Å².